The van der Waals surface area contributed by atoms with Crippen molar-refractivity contribution in [2.24, 2.45) is 10.1 Å². The molecular formula is C20H19N5O2S2. The zero-order valence-corrected chi connectivity index (χ0v) is 18.0. The van der Waals surface area contributed by atoms with Gasteiger partial charge in [-0.05, 0) is 73.8 Å². The Morgan fingerprint density at radius 1 is 1.24 bits per heavy atom. The molecule has 9 heteroatoms. The van der Waals surface area contributed by atoms with Crippen LogP contribution in [0.2, 0.25) is 0 Å². The lowest BCUT2D eigenvalue weighted by atomic mass is 10.1. The molecule has 0 unspecified atom stereocenters. The maximum absolute atomic E-state index is 12.6. The van der Waals surface area contributed by atoms with Crippen LogP contribution in [0.1, 0.15) is 17.0 Å². The van der Waals surface area contributed by atoms with Crippen molar-refractivity contribution in [3.8, 4) is 11.4 Å². The van der Waals surface area contributed by atoms with Crippen molar-refractivity contribution in [3.63, 3.8) is 0 Å². The van der Waals surface area contributed by atoms with Crippen LogP contribution >= 0.6 is 23.5 Å². The van der Waals surface area contributed by atoms with E-state index in [2.05, 4.69) is 14.7 Å². The third-order valence-electron chi connectivity index (χ3n) is 4.71. The molecule has 0 bridgehead atoms. The number of carbonyl (C=O) groups excluding carboxylic acids is 1. The van der Waals surface area contributed by atoms with Crippen LogP contribution in [0.4, 0.5) is 0 Å². The first-order valence-electron chi connectivity index (χ1n) is 8.80. The molecule has 2 aromatic rings. The first kappa shape index (κ1) is 19.5. The van der Waals surface area contributed by atoms with Gasteiger partial charge in [0.15, 0.2) is 10.2 Å². The van der Waals surface area contributed by atoms with Gasteiger partial charge >= 0.3 is 0 Å². The molecule has 0 aliphatic carbocycles. The number of aliphatic imine (C=N–C) groups is 1. The summed E-state index contributed by atoms with van der Waals surface area (Å²) in [6.07, 6.45) is 3.63. The normalized spacial score (nSPS) is 17.5. The van der Waals surface area contributed by atoms with Crippen LogP contribution in [0.3, 0.4) is 0 Å². The van der Waals surface area contributed by atoms with Crippen molar-refractivity contribution in [1.29, 1.82) is 5.41 Å². The molecule has 1 amide bonds. The van der Waals surface area contributed by atoms with E-state index in [9.17, 15) is 4.79 Å². The fraction of sp³-hybridized carbons (Fsp3) is 0.200. The Bertz CT molecular complexity index is 1110. The van der Waals surface area contributed by atoms with Gasteiger partial charge in [0.05, 0.1) is 12.7 Å². The number of benzene rings is 1. The molecule has 0 fully saturated rings. The molecule has 0 saturated heterocycles. The monoisotopic (exact) mass is 425 g/mol. The van der Waals surface area contributed by atoms with Crippen molar-refractivity contribution in [3.05, 3.63) is 52.9 Å². The van der Waals surface area contributed by atoms with E-state index < -0.39 is 5.91 Å². The van der Waals surface area contributed by atoms with Crippen molar-refractivity contribution in [1.82, 2.24) is 9.58 Å². The standard InChI is InChI=1S/C20H19N5O2S2/c1-11-9-13(12(2)24(11)14-5-7-15(27-3)8-6-14)10-16-17(21)25-19(22-18(16)26)29-20(23-25)28-4/h5-10,21H,1-4H3. The number of ether oxygens (including phenoxy) is 1. The van der Waals surface area contributed by atoms with E-state index in [0.29, 0.717) is 5.17 Å². The van der Waals surface area contributed by atoms with E-state index >= 15 is 0 Å². The second-order valence-electron chi connectivity index (χ2n) is 6.45. The number of methoxy groups -OCH3 is 1. The number of aryl methyl sites for hydroxylation is 1. The summed E-state index contributed by atoms with van der Waals surface area (Å²) < 4.78 is 8.10. The predicted molar refractivity (Wildman–Crippen MR) is 120 cm³/mol. The molecule has 1 aromatic carbocycles. The third-order valence-corrected chi connectivity index (χ3v) is 6.60. The Morgan fingerprint density at radius 2 is 1.97 bits per heavy atom. The number of carbonyl (C=O) groups is 1. The molecule has 0 radical (unpaired) electrons. The number of hydrazone groups is 1. The smallest absolute Gasteiger partial charge is 0.283 e. The second-order valence-corrected chi connectivity index (χ2v) is 8.46. The molecule has 2 aliphatic heterocycles. The van der Waals surface area contributed by atoms with Gasteiger partial charge in [-0.25, -0.2) is 0 Å². The van der Waals surface area contributed by atoms with Crippen molar-refractivity contribution in [2.75, 3.05) is 13.4 Å². The van der Waals surface area contributed by atoms with E-state index in [0.717, 1.165) is 32.8 Å². The molecule has 0 saturated carbocycles. The molecule has 0 atom stereocenters. The van der Waals surface area contributed by atoms with Crippen LogP contribution in [-0.2, 0) is 4.79 Å². The minimum atomic E-state index is -0.416. The summed E-state index contributed by atoms with van der Waals surface area (Å²) in [6.45, 7) is 4.00. The number of amidine groups is 2. The van der Waals surface area contributed by atoms with Gasteiger partial charge in [0, 0.05) is 17.1 Å². The minimum Gasteiger partial charge on any atom is -0.497 e. The number of hydrogen-bond donors (Lipinski definition) is 1. The zero-order chi connectivity index (χ0) is 20.7. The lowest BCUT2D eigenvalue weighted by Crippen LogP contribution is -2.35. The molecule has 0 spiro atoms. The number of rotatable bonds is 3. The molecule has 1 N–H and O–H groups in total. The number of nitrogens with zero attached hydrogens (tertiary/aromatic N) is 4. The van der Waals surface area contributed by atoms with E-state index in [1.54, 1.807) is 13.2 Å². The highest BCUT2D eigenvalue weighted by atomic mass is 32.2. The van der Waals surface area contributed by atoms with E-state index in [4.69, 9.17) is 10.1 Å². The van der Waals surface area contributed by atoms with Gasteiger partial charge in [0.25, 0.3) is 5.91 Å². The van der Waals surface area contributed by atoms with Crippen LogP contribution in [0.5, 0.6) is 5.75 Å². The molecule has 2 aliphatic rings. The summed E-state index contributed by atoms with van der Waals surface area (Å²) in [6, 6.07) is 9.80. The summed E-state index contributed by atoms with van der Waals surface area (Å²) in [7, 11) is 1.64. The highest BCUT2D eigenvalue weighted by Crippen LogP contribution is 2.32. The first-order valence-corrected chi connectivity index (χ1v) is 10.8. The van der Waals surface area contributed by atoms with Crippen LogP contribution < -0.4 is 4.74 Å². The average molecular weight is 426 g/mol. The Morgan fingerprint density at radius 3 is 2.62 bits per heavy atom. The predicted octanol–water partition coefficient (Wildman–Crippen LogP) is 4.04. The fourth-order valence-corrected chi connectivity index (χ4v) is 4.62. The summed E-state index contributed by atoms with van der Waals surface area (Å²) in [5.41, 5.74) is 4.10. The van der Waals surface area contributed by atoms with Crippen molar-refractivity contribution >= 4 is 50.9 Å². The number of nitrogens with one attached hydrogen (secondary N) is 1. The average Bonchev–Trinajstić information content (AvgIpc) is 3.25. The van der Waals surface area contributed by atoms with Gasteiger partial charge in [0.2, 0.25) is 5.17 Å². The maximum atomic E-state index is 12.6. The molecule has 7 nitrogen and oxygen atoms in total. The van der Waals surface area contributed by atoms with Crippen molar-refractivity contribution < 1.29 is 9.53 Å². The van der Waals surface area contributed by atoms with Gasteiger partial charge in [-0.1, -0.05) is 0 Å². The van der Waals surface area contributed by atoms with Gasteiger partial charge in [-0.15, -0.1) is 16.9 Å². The quantitative estimate of drug-likeness (QED) is 0.751. The summed E-state index contributed by atoms with van der Waals surface area (Å²) >= 11 is 2.77. The van der Waals surface area contributed by atoms with Crippen LogP contribution in [-0.4, -0.2) is 44.2 Å². The zero-order valence-electron chi connectivity index (χ0n) is 16.4. The Hall–Kier alpha value is -2.78. The molecule has 3 heterocycles. The highest BCUT2D eigenvalue weighted by Gasteiger charge is 2.35. The SMILES string of the molecule is COc1ccc(-n2c(C)cc(C=C3C(=N)N4N=C(SC)SC4=NC3=O)c2C)cc1. The second kappa shape index (κ2) is 7.57. The maximum Gasteiger partial charge on any atom is 0.283 e. The Labute approximate surface area is 177 Å². The van der Waals surface area contributed by atoms with E-state index in [-0.39, 0.29) is 11.4 Å². The molecule has 1 aromatic heterocycles. The largest absolute Gasteiger partial charge is 0.497 e. The first-order chi connectivity index (χ1) is 13.9. The summed E-state index contributed by atoms with van der Waals surface area (Å²) in [5.74, 6) is 0.425. The van der Waals surface area contributed by atoms with Gasteiger partial charge < -0.3 is 9.30 Å². The molecule has 148 valence electrons. The number of thioether (sulfide) groups is 2. The molecule has 4 rings (SSSR count). The topological polar surface area (TPSA) is 83.0 Å². The molecule has 29 heavy (non-hydrogen) atoms. The summed E-state index contributed by atoms with van der Waals surface area (Å²) in [4.78, 5) is 16.7. The summed E-state index contributed by atoms with van der Waals surface area (Å²) in [5, 5.41) is 14.7. The number of aromatic nitrogens is 1. The van der Waals surface area contributed by atoms with Crippen LogP contribution in [0.15, 0.2) is 46.0 Å². The third kappa shape index (κ3) is 3.40. The van der Waals surface area contributed by atoms with Gasteiger partial charge in [-0.3, -0.25) is 10.2 Å². The lowest BCUT2D eigenvalue weighted by Gasteiger charge is -2.20. The van der Waals surface area contributed by atoms with E-state index in [1.165, 1.54) is 28.5 Å². The fourth-order valence-electron chi connectivity index (χ4n) is 3.27. The minimum absolute atomic E-state index is 0.0470. The lowest BCUT2D eigenvalue weighted by molar-refractivity contribution is -0.114. The van der Waals surface area contributed by atoms with Gasteiger partial charge in [0.1, 0.15) is 5.75 Å². The highest BCUT2D eigenvalue weighted by molar-refractivity contribution is 8.45. The van der Waals surface area contributed by atoms with Crippen molar-refractivity contribution in [2.45, 2.75) is 13.8 Å². The number of amides is 1. The van der Waals surface area contributed by atoms with E-state index in [1.807, 2.05) is 50.4 Å². The number of hydrogen-bond acceptors (Lipinski definition) is 6. The van der Waals surface area contributed by atoms with Crippen LogP contribution in [0.25, 0.3) is 11.8 Å². The van der Waals surface area contributed by atoms with Crippen LogP contribution in [0, 0.1) is 19.3 Å². The number of fused-ring (bicyclic) bond motifs is 1. The van der Waals surface area contributed by atoms with Gasteiger partial charge in [-0.2, -0.15) is 10.0 Å². The molecular weight excluding hydrogens is 406 g/mol. The Kier molecular flexibility index (Phi) is 5.10. The Balaban J connectivity index is 1.73.